The Bertz CT molecular complexity index is 478. The van der Waals surface area contributed by atoms with Crippen LogP contribution in [0.2, 0.25) is 0 Å². The summed E-state index contributed by atoms with van der Waals surface area (Å²) in [5.74, 6) is -0.587. The average Bonchev–Trinajstić information content (AvgIpc) is 2.97. The van der Waals surface area contributed by atoms with E-state index < -0.39 is 27.2 Å². The highest BCUT2D eigenvalue weighted by molar-refractivity contribution is 7.89. The maximum Gasteiger partial charge on any atom is 0.310 e. The van der Waals surface area contributed by atoms with Crippen molar-refractivity contribution in [3.8, 4) is 0 Å². The minimum Gasteiger partial charge on any atom is -0.469 e. The molecule has 4 unspecified atom stereocenters. The highest BCUT2D eigenvalue weighted by atomic mass is 32.2. The Kier molecular flexibility index (Phi) is 5.27. The second-order valence-electron chi connectivity index (χ2n) is 6.04. The Hall–Kier alpha value is -0.660. The van der Waals surface area contributed by atoms with Crippen molar-refractivity contribution in [3.63, 3.8) is 0 Å². The minimum absolute atomic E-state index is 0.0773. The van der Waals surface area contributed by atoms with Gasteiger partial charge in [-0.1, -0.05) is 13.3 Å². The molecule has 0 radical (unpaired) electrons. The molecule has 0 bridgehead atoms. The summed E-state index contributed by atoms with van der Waals surface area (Å²) >= 11 is 0. The van der Waals surface area contributed by atoms with E-state index in [-0.39, 0.29) is 6.10 Å². The molecular formula is C14H25NO5S. The van der Waals surface area contributed by atoms with Crippen molar-refractivity contribution in [2.24, 2.45) is 11.8 Å². The minimum atomic E-state index is -3.48. The van der Waals surface area contributed by atoms with Crippen LogP contribution in [0.25, 0.3) is 0 Å². The fraction of sp³-hybridized carbons (Fsp3) is 0.929. The number of carbonyl (C=O) groups excluding carboxylic acids is 1. The smallest absolute Gasteiger partial charge is 0.310 e. The Balaban J connectivity index is 2.15. The third-order valence-electron chi connectivity index (χ3n) is 4.85. The van der Waals surface area contributed by atoms with Gasteiger partial charge in [0.25, 0.3) is 0 Å². The molecule has 6 nitrogen and oxygen atoms in total. The predicted octanol–water partition coefficient (Wildman–Crippen LogP) is 1.01. The molecule has 2 fully saturated rings. The van der Waals surface area contributed by atoms with Gasteiger partial charge in [-0.25, -0.2) is 8.42 Å². The normalized spacial score (nSPS) is 34.8. The molecule has 1 heterocycles. The van der Waals surface area contributed by atoms with E-state index in [0.717, 1.165) is 12.8 Å². The summed E-state index contributed by atoms with van der Waals surface area (Å²) < 4.78 is 37.4. The number of hydrogen-bond acceptors (Lipinski definition) is 5. The number of carbonyl (C=O) groups is 1. The van der Waals surface area contributed by atoms with Gasteiger partial charge in [0.05, 0.1) is 24.4 Å². The molecule has 0 amide bonds. The Morgan fingerprint density at radius 3 is 2.52 bits per heavy atom. The lowest BCUT2D eigenvalue weighted by Crippen LogP contribution is -2.50. The van der Waals surface area contributed by atoms with Crippen molar-refractivity contribution in [1.29, 1.82) is 0 Å². The van der Waals surface area contributed by atoms with Crippen molar-refractivity contribution >= 4 is 16.0 Å². The van der Waals surface area contributed by atoms with Crippen LogP contribution in [0.3, 0.4) is 0 Å². The van der Waals surface area contributed by atoms with Gasteiger partial charge in [-0.3, -0.25) is 4.79 Å². The first-order chi connectivity index (χ1) is 9.91. The molecule has 2 aliphatic rings. The second kappa shape index (κ2) is 6.62. The zero-order valence-electron chi connectivity index (χ0n) is 12.9. The van der Waals surface area contributed by atoms with Gasteiger partial charge in [0.1, 0.15) is 0 Å². The van der Waals surface area contributed by atoms with E-state index in [0.29, 0.717) is 31.8 Å². The highest BCUT2D eigenvalue weighted by Crippen LogP contribution is 2.35. The van der Waals surface area contributed by atoms with Gasteiger partial charge < -0.3 is 9.47 Å². The van der Waals surface area contributed by atoms with Crippen LogP contribution in [0.4, 0.5) is 0 Å². The van der Waals surface area contributed by atoms with E-state index in [2.05, 4.69) is 6.92 Å². The standard InChI is InChI=1S/C14H25NO5S/c1-10-7-8-15(9-12(10)19-2)21(17,18)13-6-4-5-11(13)14(16)20-3/h10-13H,4-9H2,1-3H3. The quantitative estimate of drug-likeness (QED) is 0.723. The number of ether oxygens (including phenoxy) is 2. The molecule has 21 heavy (non-hydrogen) atoms. The largest absolute Gasteiger partial charge is 0.469 e. The topological polar surface area (TPSA) is 72.9 Å². The molecular weight excluding hydrogens is 294 g/mol. The maximum atomic E-state index is 12.8. The van der Waals surface area contributed by atoms with Crippen LogP contribution in [-0.4, -0.2) is 57.4 Å². The molecule has 0 N–H and O–H groups in total. The summed E-state index contributed by atoms with van der Waals surface area (Å²) in [4.78, 5) is 11.8. The monoisotopic (exact) mass is 319 g/mol. The average molecular weight is 319 g/mol. The van der Waals surface area contributed by atoms with Crippen LogP contribution in [-0.2, 0) is 24.3 Å². The van der Waals surface area contributed by atoms with E-state index in [1.807, 2.05) is 0 Å². The van der Waals surface area contributed by atoms with Crippen LogP contribution in [0.1, 0.15) is 32.6 Å². The first-order valence-corrected chi connectivity index (χ1v) is 9.01. The van der Waals surface area contributed by atoms with Crippen LogP contribution in [0.5, 0.6) is 0 Å². The van der Waals surface area contributed by atoms with Gasteiger partial charge in [0.2, 0.25) is 10.0 Å². The van der Waals surface area contributed by atoms with Crippen LogP contribution < -0.4 is 0 Å². The van der Waals surface area contributed by atoms with E-state index in [4.69, 9.17) is 9.47 Å². The van der Waals surface area contributed by atoms with E-state index >= 15 is 0 Å². The molecule has 2 rings (SSSR count). The van der Waals surface area contributed by atoms with Gasteiger partial charge in [-0.15, -0.1) is 0 Å². The van der Waals surface area contributed by atoms with Crippen LogP contribution >= 0.6 is 0 Å². The number of esters is 1. The van der Waals surface area contributed by atoms with E-state index in [1.54, 1.807) is 7.11 Å². The molecule has 1 saturated heterocycles. The van der Waals surface area contributed by atoms with Crippen molar-refractivity contribution in [3.05, 3.63) is 0 Å². The molecule has 7 heteroatoms. The lowest BCUT2D eigenvalue weighted by Gasteiger charge is -2.37. The molecule has 0 spiro atoms. The first-order valence-electron chi connectivity index (χ1n) is 7.51. The number of rotatable bonds is 4. The SMILES string of the molecule is COC(=O)C1CCCC1S(=O)(=O)N1CCC(C)C(OC)C1. The molecule has 1 saturated carbocycles. The summed E-state index contributed by atoms with van der Waals surface area (Å²) in [5.41, 5.74) is 0. The van der Waals surface area contributed by atoms with Crippen molar-refractivity contribution in [2.75, 3.05) is 27.3 Å². The van der Waals surface area contributed by atoms with Gasteiger partial charge in [-0.2, -0.15) is 4.31 Å². The number of sulfonamides is 1. The second-order valence-corrected chi connectivity index (χ2v) is 8.19. The fourth-order valence-electron chi connectivity index (χ4n) is 3.44. The maximum absolute atomic E-state index is 12.8. The van der Waals surface area contributed by atoms with E-state index in [1.165, 1.54) is 11.4 Å². The molecule has 0 aromatic carbocycles. The molecule has 1 aliphatic heterocycles. The molecule has 0 aromatic rings. The Labute approximate surface area is 126 Å². The van der Waals surface area contributed by atoms with Crippen molar-refractivity contribution < 1.29 is 22.7 Å². The lowest BCUT2D eigenvalue weighted by atomic mass is 9.97. The van der Waals surface area contributed by atoms with Gasteiger partial charge >= 0.3 is 5.97 Å². The summed E-state index contributed by atoms with van der Waals surface area (Å²) in [6, 6.07) is 0. The summed E-state index contributed by atoms with van der Waals surface area (Å²) in [6.07, 6.45) is 2.58. The predicted molar refractivity (Wildman–Crippen MR) is 78.2 cm³/mol. The number of methoxy groups -OCH3 is 2. The molecule has 0 aromatic heterocycles. The third kappa shape index (κ3) is 3.24. The molecule has 122 valence electrons. The molecule has 1 aliphatic carbocycles. The third-order valence-corrected chi connectivity index (χ3v) is 7.23. The zero-order valence-corrected chi connectivity index (χ0v) is 13.8. The Morgan fingerprint density at radius 2 is 1.90 bits per heavy atom. The van der Waals surface area contributed by atoms with Crippen LogP contribution in [0.15, 0.2) is 0 Å². The Morgan fingerprint density at radius 1 is 1.19 bits per heavy atom. The highest BCUT2D eigenvalue weighted by Gasteiger charge is 2.46. The number of hydrogen-bond donors (Lipinski definition) is 0. The first kappa shape index (κ1) is 16.7. The van der Waals surface area contributed by atoms with Gasteiger partial charge in [0.15, 0.2) is 0 Å². The van der Waals surface area contributed by atoms with Gasteiger partial charge in [-0.05, 0) is 25.2 Å². The van der Waals surface area contributed by atoms with E-state index in [9.17, 15) is 13.2 Å². The molecule has 4 atom stereocenters. The van der Waals surface area contributed by atoms with Crippen molar-refractivity contribution in [2.45, 2.75) is 44.0 Å². The zero-order chi connectivity index (χ0) is 15.6. The van der Waals surface area contributed by atoms with Crippen molar-refractivity contribution in [1.82, 2.24) is 4.31 Å². The fourth-order valence-corrected chi connectivity index (χ4v) is 5.66. The lowest BCUT2D eigenvalue weighted by molar-refractivity contribution is -0.145. The summed E-state index contributed by atoms with van der Waals surface area (Å²) in [7, 11) is -0.551. The summed E-state index contributed by atoms with van der Waals surface area (Å²) in [5, 5.41) is -0.643. The van der Waals surface area contributed by atoms with Crippen LogP contribution in [0, 0.1) is 11.8 Å². The summed E-state index contributed by atoms with van der Waals surface area (Å²) in [6.45, 7) is 2.96. The van der Waals surface area contributed by atoms with Gasteiger partial charge in [0, 0.05) is 20.2 Å². The number of piperidine rings is 1. The number of nitrogens with zero attached hydrogens (tertiary/aromatic N) is 1.